The SMILES string of the molecule is Nc1nc2ccc(-c3cncc(N4CCS(=O)(=O)CC4)c3)cc2s1.O=S1(=O)CCN(c2cncc(Br)c2)CC1. The van der Waals surface area contributed by atoms with Crippen LogP contribution >= 0.6 is 27.3 Å². The molecule has 0 amide bonds. The first-order chi connectivity index (χ1) is 18.6. The van der Waals surface area contributed by atoms with Crippen LogP contribution in [0.3, 0.4) is 0 Å². The fourth-order valence-electron chi connectivity index (χ4n) is 4.40. The molecule has 0 atom stereocenters. The molecule has 2 fully saturated rings. The normalized spacial score (nSPS) is 18.4. The molecular formula is C25H27BrN6O4S3. The summed E-state index contributed by atoms with van der Waals surface area (Å²) in [6.45, 7) is 2.14. The van der Waals surface area contributed by atoms with Crippen molar-refractivity contribution in [2.75, 3.05) is 64.7 Å². The van der Waals surface area contributed by atoms with Crippen molar-refractivity contribution in [3.05, 3.63) is 59.6 Å². The van der Waals surface area contributed by atoms with E-state index in [1.807, 2.05) is 29.3 Å². The van der Waals surface area contributed by atoms with Gasteiger partial charge in [0.1, 0.15) is 0 Å². The van der Waals surface area contributed by atoms with Gasteiger partial charge in [0.15, 0.2) is 24.8 Å². The molecule has 5 heterocycles. The molecule has 2 aliphatic rings. The minimum Gasteiger partial charge on any atom is -0.375 e. The third-order valence-electron chi connectivity index (χ3n) is 6.57. The van der Waals surface area contributed by atoms with Crippen LogP contribution in [0, 0.1) is 0 Å². The Bertz CT molecular complexity index is 1680. The second-order valence-corrected chi connectivity index (χ2v) is 15.9. The molecule has 0 bridgehead atoms. The quantitative estimate of drug-likeness (QED) is 0.351. The third kappa shape index (κ3) is 7.04. The molecule has 0 aliphatic carbocycles. The number of thiazole rings is 1. The van der Waals surface area contributed by atoms with E-state index in [1.54, 1.807) is 18.6 Å². The summed E-state index contributed by atoms with van der Waals surface area (Å²) in [6.07, 6.45) is 7.06. The van der Waals surface area contributed by atoms with Gasteiger partial charge in [-0.05, 0) is 45.8 Å². The van der Waals surface area contributed by atoms with Gasteiger partial charge in [0, 0.05) is 48.6 Å². The molecule has 0 radical (unpaired) electrons. The predicted molar refractivity (Wildman–Crippen MR) is 161 cm³/mol. The summed E-state index contributed by atoms with van der Waals surface area (Å²) >= 11 is 4.81. The lowest BCUT2D eigenvalue weighted by atomic mass is 10.1. The zero-order chi connectivity index (χ0) is 27.6. The van der Waals surface area contributed by atoms with Gasteiger partial charge in [0.2, 0.25) is 0 Å². The van der Waals surface area contributed by atoms with Crippen molar-refractivity contribution >= 4 is 73.7 Å². The van der Waals surface area contributed by atoms with E-state index in [2.05, 4.69) is 47.9 Å². The van der Waals surface area contributed by atoms with Gasteiger partial charge in [-0.15, -0.1) is 0 Å². The summed E-state index contributed by atoms with van der Waals surface area (Å²) in [5.74, 6) is 0.867. The number of pyridine rings is 2. The highest BCUT2D eigenvalue weighted by atomic mass is 79.9. The molecule has 206 valence electrons. The Morgan fingerprint density at radius 3 is 1.90 bits per heavy atom. The van der Waals surface area contributed by atoms with E-state index in [1.165, 1.54) is 11.3 Å². The van der Waals surface area contributed by atoms with Crippen molar-refractivity contribution in [3.8, 4) is 11.1 Å². The van der Waals surface area contributed by atoms with Crippen molar-refractivity contribution in [3.63, 3.8) is 0 Å². The van der Waals surface area contributed by atoms with Gasteiger partial charge in [-0.1, -0.05) is 17.4 Å². The van der Waals surface area contributed by atoms with E-state index in [4.69, 9.17) is 5.73 Å². The molecule has 2 N–H and O–H groups in total. The smallest absolute Gasteiger partial charge is 0.181 e. The Morgan fingerprint density at radius 1 is 0.744 bits per heavy atom. The summed E-state index contributed by atoms with van der Waals surface area (Å²) in [4.78, 5) is 16.8. The van der Waals surface area contributed by atoms with E-state index < -0.39 is 19.7 Å². The lowest BCUT2D eigenvalue weighted by Crippen LogP contribution is -2.40. The molecule has 4 aromatic rings. The molecule has 2 aliphatic heterocycles. The van der Waals surface area contributed by atoms with Gasteiger partial charge in [-0.25, -0.2) is 21.8 Å². The van der Waals surface area contributed by atoms with Crippen LogP contribution in [0.2, 0.25) is 0 Å². The van der Waals surface area contributed by atoms with Crippen molar-refractivity contribution in [1.82, 2.24) is 15.0 Å². The van der Waals surface area contributed by atoms with Crippen molar-refractivity contribution in [2.45, 2.75) is 0 Å². The lowest BCUT2D eigenvalue weighted by molar-refractivity contribution is 0.585. The highest BCUT2D eigenvalue weighted by Crippen LogP contribution is 2.30. The Hall–Kier alpha value is -2.81. The second-order valence-electron chi connectivity index (χ2n) is 9.31. The summed E-state index contributed by atoms with van der Waals surface area (Å²) in [5, 5.41) is 0.559. The third-order valence-corrected chi connectivity index (χ3v) is 11.1. The summed E-state index contributed by atoms with van der Waals surface area (Å²) < 4.78 is 47.6. The number of halogens is 1. The van der Waals surface area contributed by atoms with Gasteiger partial charge in [0.25, 0.3) is 0 Å². The summed E-state index contributed by atoms with van der Waals surface area (Å²) in [5.41, 5.74) is 10.6. The zero-order valence-electron chi connectivity index (χ0n) is 20.9. The Labute approximate surface area is 239 Å². The maximum absolute atomic E-state index is 11.6. The number of hydrogen-bond acceptors (Lipinski definition) is 11. The molecule has 14 heteroatoms. The molecule has 2 saturated heterocycles. The Balaban J connectivity index is 0.000000177. The van der Waals surface area contributed by atoms with Crippen LogP contribution in [0.25, 0.3) is 21.3 Å². The molecule has 10 nitrogen and oxygen atoms in total. The average molecular weight is 652 g/mol. The first-order valence-corrected chi connectivity index (χ1v) is 17.4. The van der Waals surface area contributed by atoms with Gasteiger partial charge in [0.05, 0.1) is 57.0 Å². The van der Waals surface area contributed by atoms with Crippen molar-refractivity contribution < 1.29 is 16.8 Å². The minimum atomic E-state index is -2.89. The fraction of sp³-hybridized carbons (Fsp3) is 0.320. The van der Waals surface area contributed by atoms with E-state index in [-0.39, 0.29) is 23.0 Å². The van der Waals surface area contributed by atoms with E-state index >= 15 is 0 Å². The average Bonchev–Trinajstić information content (AvgIpc) is 3.28. The predicted octanol–water partition coefficient (Wildman–Crippen LogP) is 3.25. The highest BCUT2D eigenvalue weighted by molar-refractivity contribution is 9.10. The van der Waals surface area contributed by atoms with E-state index in [0.29, 0.717) is 31.3 Å². The van der Waals surface area contributed by atoms with Gasteiger partial charge >= 0.3 is 0 Å². The monoisotopic (exact) mass is 650 g/mol. The number of rotatable bonds is 3. The largest absolute Gasteiger partial charge is 0.375 e. The summed E-state index contributed by atoms with van der Waals surface area (Å²) in [7, 11) is -5.70. The van der Waals surface area contributed by atoms with Crippen LogP contribution in [0.4, 0.5) is 16.5 Å². The van der Waals surface area contributed by atoms with Crippen LogP contribution in [-0.4, -0.2) is 81.0 Å². The number of fused-ring (bicyclic) bond motifs is 1. The van der Waals surface area contributed by atoms with Gasteiger partial charge in [-0.2, -0.15) is 0 Å². The molecule has 0 saturated carbocycles. The number of anilines is 3. The number of aromatic nitrogens is 3. The van der Waals surface area contributed by atoms with Crippen LogP contribution in [0.1, 0.15) is 0 Å². The molecular weight excluding hydrogens is 624 g/mol. The first-order valence-electron chi connectivity index (χ1n) is 12.2. The van der Waals surface area contributed by atoms with Gasteiger partial charge in [-0.3, -0.25) is 9.97 Å². The topological polar surface area (TPSA) is 139 Å². The van der Waals surface area contributed by atoms with E-state index in [0.717, 1.165) is 37.2 Å². The van der Waals surface area contributed by atoms with Crippen molar-refractivity contribution in [1.29, 1.82) is 0 Å². The Morgan fingerprint density at radius 2 is 1.31 bits per heavy atom. The molecule has 1 aromatic carbocycles. The molecule has 6 rings (SSSR count). The fourth-order valence-corrected chi connectivity index (χ4v) is 7.92. The lowest BCUT2D eigenvalue weighted by Gasteiger charge is -2.28. The number of hydrogen-bond donors (Lipinski definition) is 1. The van der Waals surface area contributed by atoms with E-state index in [9.17, 15) is 16.8 Å². The highest BCUT2D eigenvalue weighted by Gasteiger charge is 2.23. The standard InChI is InChI=1S/C16H16N4O2S2.C9H11BrN2O2S/c17-16-19-14-2-1-11(8-15(14)23-16)12-7-13(10-18-9-12)20-3-5-24(21,22)6-4-20;10-8-5-9(7-11-6-8)12-1-3-15(13,14)4-2-12/h1-2,7-10H,3-6H2,(H2,17,19);5-7H,1-4H2. The maximum Gasteiger partial charge on any atom is 0.181 e. The molecule has 0 spiro atoms. The van der Waals surface area contributed by atoms with Gasteiger partial charge < -0.3 is 15.5 Å². The molecule has 0 unspecified atom stereocenters. The minimum absolute atomic E-state index is 0.198. The zero-order valence-corrected chi connectivity index (χ0v) is 24.9. The second kappa shape index (κ2) is 11.4. The first kappa shape index (κ1) is 27.7. The number of nitrogen functional groups attached to an aromatic ring is 1. The molecule has 3 aromatic heterocycles. The summed E-state index contributed by atoms with van der Waals surface area (Å²) in [6, 6.07) is 10.0. The number of nitrogens with two attached hydrogens (primary N) is 1. The van der Waals surface area contributed by atoms with Crippen LogP contribution in [0.15, 0.2) is 59.6 Å². The van der Waals surface area contributed by atoms with Crippen LogP contribution in [-0.2, 0) is 19.7 Å². The van der Waals surface area contributed by atoms with Crippen molar-refractivity contribution in [2.24, 2.45) is 0 Å². The number of sulfone groups is 2. The maximum atomic E-state index is 11.6. The van der Waals surface area contributed by atoms with Crippen LogP contribution in [0.5, 0.6) is 0 Å². The number of nitrogens with zero attached hydrogens (tertiary/aromatic N) is 5. The number of benzene rings is 1. The molecule has 39 heavy (non-hydrogen) atoms. The Kier molecular flexibility index (Phi) is 8.08. The van der Waals surface area contributed by atoms with Crippen LogP contribution < -0.4 is 15.5 Å².